The zero-order chi connectivity index (χ0) is 14.2. The molecule has 0 spiro atoms. The van der Waals surface area contributed by atoms with Crippen molar-refractivity contribution in [2.24, 2.45) is 0 Å². The minimum atomic E-state index is -3.38. The molecule has 5 heteroatoms. The molecule has 0 radical (unpaired) electrons. The minimum Gasteiger partial charge on any atom is -0.195 e. The first-order chi connectivity index (χ1) is 8.91. The molecule has 2 rings (SSSR count). The van der Waals surface area contributed by atoms with Crippen molar-refractivity contribution in [3.05, 3.63) is 47.5 Å². The first-order valence-corrected chi connectivity index (χ1v) is 7.69. The summed E-state index contributed by atoms with van der Waals surface area (Å²) >= 11 is 0. The van der Waals surface area contributed by atoms with Gasteiger partial charge in [0.05, 0.1) is 12.1 Å². The Morgan fingerprint density at radius 3 is 2.32 bits per heavy atom. The molecule has 19 heavy (non-hydrogen) atoms. The highest BCUT2D eigenvalue weighted by atomic mass is 32.2. The van der Waals surface area contributed by atoms with E-state index in [0.29, 0.717) is 0 Å². The van der Waals surface area contributed by atoms with Crippen LogP contribution in [0.2, 0.25) is 0 Å². The van der Waals surface area contributed by atoms with Crippen LogP contribution >= 0.6 is 0 Å². The minimum absolute atomic E-state index is 0.0557. The van der Waals surface area contributed by atoms with E-state index in [1.165, 1.54) is 4.31 Å². The molecule has 1 heterocycles. The van der Waals surface area contributed by atoms with E-state index in [2.05, 4.69) is 0 Å². The van der Waals surface area contributed by atoms with Gasteiger partial charge in [0.25, 0.3) is 10.2 Å². The Morgan fingerprint density at radius 1 is 1.26 bits per heavy atom. The Bertz CT molecular complexity index is 579. The lowest BCUT2D eigenvalue weighted by Crippen LogP contribution is -2.30. The molecule has 1 aromatic carbocycles. The zero-order valence-corrected chi connectivity index (χ0v) is 12.6. The molecule has 0 saturated carbocycles. The van der Waals surface area contributed by atoms with Crippen LogP contribution in [0.15, 0.2) is 42.0 Å². The van der Waals surface area contributed by atoms with Gasteiger partial charge in [0, 0.05) is 14.1 Å². The Hall–Kier alpha value is -1.17. The summed E-state index contributed by atoms with van der Waals surface area (Å²) in [5.74, 6) is 0. The number of benzene rings is 1. The third-order valence-corrected chi connectivity index (χ3v) is 5.46. The number of allylic oxidation sites excluding steroid dienone is 1. The van der Waals surface area contributed by atoms with Gasteiger partial charge in [0.15, 0.2) is 0 Å². The van der Waals surface area contributed by atoms with E-state index in [1.807, 2.05) is 50.3 Å². The van der Waals surface area contributed by atoms with E-state index in [9.17, 15) is 8.42 Å². The van der Waals surface area contributed by atoms with Gasteiger partial charge in [-0.1, -0.05) is 42.0 Å². The summed E-state index contributed by atoms with van der Waals surface area (Å²) in [6.45, 7) is 3.92. The molecule has 1 aromatic rings. The molecule has 0 bridgehead atoms. The summed E-state index contributed by atoms with van der Waals surface area (Å²) in [6.07, 6.45) is 1.98. The second kappa shape index (κ2) is 5.07. The summed E-state index contributed by atoms with van der Waals surface area (Å²) in [4.78, 5) is 0. The van der Waals surface area contributed by atoms with E-state index in [4.69, 9.17) is 0 Å². The molecule has 0 N–H and O–H groups in total. The molecule has 0 aliphatic carbocycles. The van der Waals surface area contributed by atoms with Crippen molar-refractivity contribution < 1.29 is 8.42 Å². The van der Waals surface area contributed by atoms with Crippen molar-refractivity contribution in [1.29, 1.82) is 0 Å². The van der Waals surface area contributed by atoms with Crippen LogP contribution in [0.1, 0.15) is 25.5 Å². The van der Waals surface area contributed by atoms with Gasteiger partial charge >= 0.3 is 0 Å². The van der Waals surface area contributed by atoms with Crippen LogP contribution in [0.25, 0.3) is 0 Å². The van der Waals surface area contributed by atoms with Gasteiger partial charge in [-0.25, -0.2) is 0 Å². The molecule has 1 aliphatic heterocycles. The Morgan fingerprint density at radius 2 is 1.84 bits per heavy atom. The van der Waals surface area contributed by atoms with E-state index in [-0.39, 0.29) is 12.1 Å². The Balaban J connectivity index is 2.39. The quantitative estimate of drug-likeness (QED) is 0.626. The zero-order valence-electron chi connectivity index (χ0n) is 11.7. The molecule has 0 aromatic heterocycles. The standard InChI is InChI=1S/C14H20N2O2S/c1-5-11(2)13-14(12-9-7-6-8-10-12)16(13)19(17,18)15(3)4/h5-10,13-14H,1-4H3/b11-5+/t13-,14+,16?/m0/s1. The maximum absolute atomic E-state index is 12.3. The molecule has 1 unspecified atom stereocenters. The van der Waals surface area contributed by atoms with Crippen molar-refractivity contribution >= 4 is 10.2 Å². The van der Waals surface area contributed by atoms with Gasteiger partial charge in [-0.3, -0.25) is 0 Å². The van der Waals surface area contributed by atoms with Gasteiger partial charge in [-0.2, -0.15) is 17.0 Å². The van der Waals surface area contributed by atoms with Crippen LogP contribution in [0, 0.1) is 0 Å². The maximum Gasteiger partial charge on any atom is 0.282 e. The highest BCUT2D eigenvalue weighted by molar-refractivity contribution is 7.87. The third kappa shape index (κ3) is 2.45. The first kappa shape index (κ1) is 14.2. The second-order valence-corrected chi connectivity index (χ2v) is 7.00. The number of hydrogen-bond acceptors (Lipinski definition) is 2. The van der Waals surface area contributed by atoms with Crippen LogP contribution in [-0.2, 0) is 10.2 Å². The molecule has 3 atom stereocenters. The number of rotatable bonds is 4. The summed E-state index contributed by atoms with van der Waals surface area (Å²) in [6, 6.07) is 9.64. The molecule has 0 amide bonds. The number of hydrogen-bond donors (Lipinski definition) is 0. The van der Waals surface area contributed by atoms with E-state index < -0.39 is 10.2 Å². The average Bonchev–Trinajstić information content (AvgIpc) is 3.14. The fourth-order valence-electron chi connectivity index (χ4n) is 2.29. The molecule has 104 valence electrons. The summed E-state index contributed by atoms with van der Waals surface area (Å²) < 4.78 is 27.5. The first-order valence-electron chi connectivity index (χ1n) is 6.30. The van der Waals surface area contributed by atoms with Crippen molar-refractivity contribution in [2.45, 2.75) is 25.9 Å². The molecule has 1 fully saturated rings. The van der Waals surface area contributed by atoms with Crippen molar-refractivity contribution in [3.63, 3.8) is 0 Å². The average molecular weight is 280 g/mol. The van der Waals surface area contributed by atoms with Crippen LogP contribution in [-0.4, -0.2) is 37.2 Å². The summed E-state index contributed by atoms with van der Waals surface area (Å²) in [5, 5.41) is 0. The van der Waals surface area contributed by atoms with E-state index >= 15 is 0 Å². The van der Waals surface area contributed by atoms with E-state index in [0.717, 1.165) is 11.1 Å². The van der Waals surface area contributed by atoms with Gasteiger partial charge in [-0.05, 0) is 19.4 Å². The summed E-state index contributed by atoms with van der Waals surface area (Å²) in [5.41, 5.74) is 2.12. The predicted octanol–water partition coefficient (Wildman–Crippen LogP) is 2.18. The largest absolute Gasteiger partial charge is 0.282 e. The predicted molar refractivity (Wildman–Crippen MR) is 76.8 cm³/mol. The highest BCUT2D eigenvalue weighted by Gasteiger charge is 2.57. The van der Waals surface area contributed by atoms with Gasteiger partial charge in [0.2, 0.25) is 0 Å². The van der Waals surface area contributed by atoms with Gasteiger partial charge in [-0.15, -0.1) is 0 Å². The smallest absolute Gasteiger partial charge is 0.195 e. The van der Waals surface area contributed by atoms with Crippen LogP contribution in [0.3, 0.4) is 0 Å². The molecule has 1 saturated heterocycles. The summed E-state index contributed by atoms with van der Waals surface area (Å²) in [7, 11) is -0.245. The van der Waals surface area contributed by atoms with Crippen molar-refractivity contribution in [2.75, 3.05) is 14.1 Å². The Kier molecular flexibility index (Phi) is 3.80. The van der Waals surface area contributed by atoms with Crippen molar-refractivity contribution in [3.8, 4) is 0 Å². The van der Waals surface area contributed by atoms with Crippen LogP contribution in [0.5, 0.6) is 0 Å². The topological polar surface area (TPSA) is 40.4 Å². The fourth-order valence-corrected chi connectivity index (χ4v) is 3.70. The van der Waals surface area contributed by atoms with Crippen LogP contribution in [0.4, 0.5) is 0 Å². The van der Waals surface area contributed by atoms with Gasteiger partial charge < -0.3 is 0 Å². The lowest BCUT2D eigenvalue weighted by atomic mass is 10.1. The molecular formula is C14H20N2O2S. The molecular weight excluding hydrogens is 260 g/mol. The molecule has 1 aliphatic rings. The lowest BCUT2D eigenvalue weighted by molar-refractivity contribution is 0.475. The van der Waals surface area contributed by atoms with E-state index in [1.54, 1.807) is 18.4 Å². The highest BCUT2D eigenvalue weighted by Crippen LogP contribution is 2.49. The second-order valence-electron chi connectivity index (χ2n) is 4.95. The van der Waals surface area contributed by atoms with Crippen molar-refractivity contribution in [1.82, 2.24) is 8.61 Å². The monoisotopic (exact) mass is 280 g/mol. The molecule has 4 nitrogen and oxygen atoms in total. The third-order valence-electron chi connectivity index (χ3n) is 3.55. The Labute approximate surface area is 115 Å². The SMILES string of the molecule is C/C=C(\C)[C@H]1[C@@H](c2ccccc2)N1S(=O)(=O)N(C)C. The fraction of sp³-hybridized carbons (Fsp3) is 0.429. The lowest BCUT2D eigenvalue weighted by Gasteiger charge is -2.13. The van der Waals surface area contributed by atoms with Gasteiger partial charge in [0.1, 0.15) is 0 Å². The maximum atomic E-state index is 12.3. The van der Waals surface area contributed by atoms with Crippen LogP contribution < -0.4 is 0 Å². The normalized spacial score (nSPS) is 27.6. The number of nitrogens with zero attached hydrogens (tertiary/aromatic N) is 2.